The molecule has 3 heterocycles. The summed E-state index contributed by atoms with van der Waals surface area (Å²) >= 11 is 0. The van der Waals surface area contributed by atoms with Gasteiger partial charge in [0.25, 0.3) is 5.91 Å². The minimum Gasteiger partial charge on any atom is -0.457 e. The Hall–Kier alpha value is -4.63. The lowest BCUT2D eigenvalue weighted by molar-refractivity contribution is -0.144. The second-order valence-electron chi connectivity index (χ2n) is 11.0. The van der Waals surface area contributed by atoms with Gasteiger partial charge in [-0.3, -0.25) is 14.5 Å². The Bertz CT molecular complexity index is 1520. The number of benzene rings is 3. The number of urea groups is 1. The molecule has 3 aromatic rings. The van der Waals surface area contributed by atoms with E-state index in [9.17, 15) is 14.4 Å². The number of likely N-dealkylation sites (N-methyl/N-ethyl adjacent to an activating group) is 2. The molecule has 1 N–H and O–H groups in total. The van der Waals surface area contributed by atoms with Crippen LogP contribution in [0.3, 0.4) is 0 Å². The summed E-state index contributed by atoms with van der Waals surface area (Å²) in [6, 6.07) is 24.7. The van der Waals surface area contributed by atoms with Gasteiger partial charge in [0.1, 0.15) is 17.5 Å². The molecule has 9 heteroatoms. The third-order valence-electron chi connectivity index (χ3n) is 8.53. The number of carbonyl (C=O) groups excluding carboxylic acids is 3. The number of para-hydroxylation sites is 1. The van der Waals surface area contributed by atoms with Gasteiger partial charge in [-0.1, -0.05) is 67.6 Å². The highest BCUT2D eigenvalue weighted by Gasteiger charge is 2.48. The molecule has 1 saturated heterocycles. The van der Waals surface area contributed by atoms with Gasteiger partial charge in [0.15, 0.2) is 0 Å². The molecule has 4 amide bonds. The molecule has 0 saturated carbocycles. The van der Waals surface area contributed by atoms with Crippen LogP contribution in [0.15, 0.2) is 96.2 Å². The zero-order valence-electron chi connectivity index (χ0n) is 24.6. The minimum atomic E-state index is -0.797. The average Bonchev–Trinajstić information content (AvgIpc) is 3.38. The Morgan fingerprint density at radius 1 is 0.860 bits per heavy atom. The summed E-state index contributed by atoms with van der Waals surface area (Å²) in [7, 11) is 0. The monoisotopic (exact) mass is 579 g/mol. The highest BCUT2D eigenvalue weighted by molar-refractivity contribution is 6.04. The summed E-state index contributed by atoms with van der Waals surface area (Å²) < 4.78 is 6.06. The fourth-order valence-corrected chi connectivity index (χ4v) is 6.24. The molecule has 0 spiro atoms. The number of piperazine rings is 1. The quantitative estimate of drug-likeness (QED) is 0.423. The zero-order valence-corrected chi connectivity index (χ0v) is 24.6. The van der Waals surface area contributed by atoms with Crippen LogP contribution in [-0.4, -0.2) is 83.3 Å². The van der Waals surface area contributed by atoms with E-state index in [0.29, 0.717) is 42.4 Å². The number of hydrogen-bond acceptors (Lipinski definition) is 5. The van der Waals surface area contributed by atoms with Gasteiger partial charge in [-0.05, 0) is 48.9 Å². The summed E-state index contributed by atoms with van der Waals surface area (Å²) in [5.41, 5.74) is 2.62. The first-order valence-electron chi connectivity index (χ1n) is 15.0. The second kappa shape index (κ2) is 12.3. The normalized spacial score (nSPS) is 19.8. The number of carbonyl (C=O) groups is 3. The lowest BCUT2D eigenvalue weighted by Crippen LogP contribution is -2.52. The van der Waals surface area contributed by atoms with Crippen LogP contribution in [0.2, 0.25) is 0 Å². The SMILES string of the molecule is CCN1CCN(C(=O)[C@H](c2ccccc2)N2CC3=C(C2=O)[C@@H](c2cccc(Oc4ccccc4)c2)NC(=O)N3CC)CC1. The summed E-state index contributed by atoms with van der Waals surface area (Å²) in [6.07, 6.45) is 0. The first-order valence-corrected chi connectivity index (χ1v) is 15.0. The van der Waals surface area contributed by atoms with Crippen LogP contribution in [0, 0.1) is 0 Å². The second-order valence-corrected chi connectivity index (χ2v) is 11.0. The Morgan fingerprint density at radius 2 is 1.53 bits per heavy atom. The molecule has 0 radical (unpaired) electrons. The van der Waals surface area contributed by atoms with Crippen molar-refractivity contribution in [1.29, 1.82) is 0 Å². The third kappa shape index (κ3) is 5.60. The third-order valence-corrected chi connectivity index (χ3v) is 8.53. The van der Waals surface area contributed by atoms with Gasteiger partial charge in [-0.15, -0.1) is 0 Å². The smallest absolute Gasteiger partial charge is 0.322 e. The van der Waals surface area contributed by atoms with Crippen molar-refractivity contribution in [3.63, 3.8) is 0 Å². The molecule has 0 bridgehead atoms. The van der Waals surface area contributed by atoms with E-state index in [-0.39, 0.29) is 24.4 Å². The molecule has 6 rings (SSSR count). The van der Waals surface area contributed by atoms with Gasteiger partial charge in [-0.2, -0.15) is 0 Å². The molecule has 3 aromatic carbocycles. The molecule has 0 unspecified atom stereocenters. The van der Waals surface area contributed by atoms with E-state index in [1.54, 1.807) is 9.80 Å². The number of ether oxygens (including phenoxy) is 1. The van der Waals surface area contributed by atoms with Crippen LogP contribution in [0.1, 0.15) is 37.1 Å². The van der Waals surface area contributed by atoms with Crippen molar-refractivity contribution in [2.75, 3.05) is 45.8 Å². The van der Waals surface area contributed by atoms with Crippen molar-refractivity contribution in [2.24, 2.45) is 0 Å². The number of nitrogens with zero attached hydrogens (tertiary/aromatic N) is 4. The van der Waals surface area contributed by atoms with Gasteiger partial charge in [0.2, 0.25) is 5.91 Å². The van der Waals surface area contributed by atoms with E-state index in [1.807, 2.05) is 96.8 Å². The van der Waals surface area contributed by atoms with Gasteiger partial charge in [-0.25, -0.2) is 4.79 Å². The average molecular weight is 580 g/mol. The number of rotatable bonds is 8. The molecule has 0 aromatic heterocycles. The van der Waals surface area contributed by atoms with Crippen molar-refractivity contribution in [3.05, 3.63) is 107 Å². The predicted octanol–water partition coefficient (Wildman–Crippen LogP) is 4.57. The molecule has 0 aliphatic carbocycles. The molecular formula is C34H37N5O4. The minimum absolute atomic E-state index is 0.0905. The highest BCUT2D eigenvalue weighted by atomic mass is 16.5. The lowest BCUT2D eigenvalue weighted by atomic mass is 9.95. The van der Waals surface area contributed by atoms with E-state index in [2.05, 4.69) is 17.1 Å². The van der Waals surface area contributed by atoms with Crippen LogP contribution in [0.4, 0.5) is 4.79 Å². The van der Waals surface area contributed by atoms with E-state index < -0.39 is 12.1 Å². The highest BCUT2D eigenvalue weighted by Crippen LogP contribution is 2.41. The molecule has 3 aliphatic heterocycles. The first kappa shape index (κ1) is 28.5. The molecule has 222 valence electrons. The van der Waals surface area contributed by atoms with Crippen LogP contribution in [0.25, 0.3) is 0 Å². The van der Waals surface area contributed by atoms with E-state index in [1.165, 1.54) is 0 Å². The summed E-state index contributed by atoms with van der Waals surface area (Å²) in [6.45, 7) is 8.36. The van der Waals surface area contributed by atoms with Crippen LogP contribution < -0.4 is 10.1 Å². The maximum atomic E-state index is 14.4. The van der Waals surface area contributed by atoms with E-state index >= 15 is 0 Å². The van der Waals surface area contributed by atoms with Crippen molar-refractivity contribution < 1.29 is 19.1 Å². The van der Waals surface area contributed by atoms with Gasteiger partial charge in [0.05, 0.1) is 23.9 Å². The maximum Gasteiger partial charge on any atom is 0.322 e. The molecule has 43 heavy (non-hydrogen) atoms. The Balaban J connectivity index is 1.34. The fourth-order valence-electron chi connectivity index (χ4n) is 6.24. The van der Waals surface area contributed by atoms with Crippen LogP contribution >= 0.6 is 0 Å². The molecule has 1 fully saturated rings. The van der Waals surface area contributed by atoms with Crippen molar-refractivity contribution in [3.8, 4) is 11.5 Å². The number of nitrogens with one attached hydrogen (secondary N) is 1. The zero-order chi connectivity index (χ0) is 29.9. The fraction of sp³-hybridized carbons (Fsp3) is 0.324. The Labute approximate surface area is 252 Å². The molecule has 2 atom stereocenters. The first-order chi connectivity index (χ1) is 21.0. The van der Waals surface area contributed by atoms with E-state index in [4.69, 9.17) is 4.74 Å². The van der Waals surface area contributed by atoms with Gasteiger partial charge in [0, 0.05) is 32.7 Å². The van der Waals surface area contributed by atoms with Crippen molar-refractivity contribution in [2.45, 2.75) is 25.9 Å². The van der Waals surface area contributed by atoms with Crippen LogP contribution in [0.5, 0.6) is 11.5 Å². The summed E-state index contributed by atoms with van der Waals surface area (Å²) in [5, 5.41) is 3.05. The number of hydrogen-bond donors (Lipinski definition) is 1. The number of amides is 4. The molecular weight excluding hydrogens is 542 g/mol. The largest absolute Gasteiger partial charge is 0.457 e. The Morgan fingerprint density at radius 3 is 2.21 bits per heavy atom. The summed E-state index contributed by atoms with van der Waals surface area (Å²) in [5.74, 6) is 0.954. The lowest BCUT2D eigenvalue weighted by Gasteiger charge is -2.38. The standard InChI is InChI=1S/C34H37N5O4/c1-3-36-18-20-37(21-19-36)33(41)31(24-12-7-5-8-13-24)39-23-28-29(32(39)40)30(35-34(42)38(28)4-2)25-14-11-17-27(22-25)43-26-15-9-6-10-16-26/h5-17,22,30-31H,3-4,18-21,23H2,1-2H3,(H,35,42)/t30-,31+/m1/s1. The van der Waals surface area contributed by atoms with Crippen molar-refractivity contribution >= 4 is 17.8 Å². The van der Waals surface area contributed by atoms with Crippen molar-refractivity contribution in [1.82, 2.24) is 24.9 Å². The van der Waals surface area contributed by atoms with Gasteiger partial charge < -0.3 is 24.8 Å². The van der Waals surface area contributed by atoms with Gasteiger partial charge >= 0.3 is 6.03 Å². The molecule has 3 aliphatic rings. The Kier molecular flexibility index (Phi) is 8.16. The maximum absolute atomic E-state index is 14.4. The summed E-state index contributed by atoms with van der Waals surface area (Å²) in [4.78, 5) is 49.5. The topological polar surface area (TPSA) is 85.4 Å². The predicted molar refractivity (Wildman–Crippen MR) is 163 cm³/mol. The molecule has 9 nitrogen and oxygen atoms in total. The van der Waals surface area contributed by atoms with E-state index in [0.717, 1.165) is 30.8 Å². The van der Waals surface area contributed by atoms with Crippen LogP contribution in [-0.2, 0) is 9.59 Å².